The summed E-state index contributed by atoms with van der Waals surface area (Å²) in [6.07, 6.45) is 3.78. The number of nitro benzene ring substituents is 1. The van der Waals surface area contributed by atoms with Crippen LogP contribution in [-0.2, 0) is 6.54 Å². The second-order valence-electron chi connectivity index (χ2n) is 4.47. The fraction of sp³-hybridized carbons (Fsp3) is 0.0714. The maximum Gasteiger partial charge on any atom is 0.293 e. The third-order valence-electron chi connectivity index (χ3n) is 3.03. The lowest BCUT2D eigenvalue weighted by Gasteiger charge is -2.05. The molecule has 2 heterocycles. The van der Waals surface area contributed by atoms with Crippen LogP contribution in [0.2, 0.25) is 5.02 Å². The Labute approximate surface area is 125 Å². The summed E-state index contributed by atoms with van der Waals surface area (Å²) in [6, 6.07) is 10.2. The van der Waals surface area contributed by atoms with Crippen LogP contribution in [0, 0.1) is 10.1 Å². The molecule has 0 bridgehead atoms. The van der Waals surface area contributed by atoms with Gasteiger partial charge in [0.05, 0.1) is 17.2 Å². The SMILES string of the molecule is O=[N+]([O-])c1cc(Cl)ccc1NCc1cn2ccccc2n1. The van der Waals surface area contributed by atoms with Crippen molar-refractivity contribution in [3.63, 3.8) is 0 Å². The molecule has 0 saturated heterocycles. The van der Waals surface area contributed by atoms with Crippen LogP contribution >= 0.6 is 11.6 Å². The number of benzene rings is 1. The molecule has 3 rings (SSSR count). The van der Waals surface area contributed by atoms with E-state index in [4.69, 9.17) is 11.6 Å². The number of halogens is 1. The van der Waals surface area contributed by atoms with E-state index in [0.29, 0.717) is 17.3 Å². The van der Waals surface area contributed by atoms with Crippen LogP contribution in [0.4, 0.5) is 11.4 Å². The first kappa shape index (κ1) is 13.4. The highest BCUT2D eigenvalue weighted by Gasteiger charge is 2.14. The first-order valence-corrected chi connectivity index (χ1v) is 6.62. The number of nitrogens with one attached hydrogen (secondary N) is 1. The van der Waals surface area contributed by atoms with Gasteiger partial charge in [0, 0.05) is 23.5 Å². The number of hydrogen-bond acceptors (Lipinski definition) is 4. The van der Waals surface area contributed by atoms with Crippen LogP contribution in [-0.4, -0.2) is 14.3 Å². The van der Waals surface area contributed by atoms with Crippen LogP contribution < -0.4 is 5.32 Å². The van der Waals surface area contributed by atoms with Crippen LogP contribution in [0.25, 0.3) is 5.65 Å². The summed E-state index contributed by atoms with van der Waals surface area (Å²) in [5.74, 6) is 0. The van der Waals surface area contributed by atoms with Crippen LogP contribution in [0.3, 0.4) is 0 Å². The molecule has 3 aromatic rings. The highest BCUT2D eigenvalue weighted by Crippen LogP contribution is 2.28. The first-order valence-electron chi connectivity index (χ1n) is 6.24. The quantitative estimate of drug-likeness (QED) is 0.591. The van der Waals surface area contributed by atoms with E-state index < -0.39 is 4.92 Å². The molecule has 0 aliphatic carbocycles. The van der Waals surface area contributed by atoms with Gasteiger partial charge in [-0.1, -0.05) is 17.7 Å². The largest absolute Gasteiger partial charge is 0.374 e. The number of aromatic nitrogens is 2. The lowest BCUT2D eigenvalue weighted by atomic mass is 10.2. The second-order valence-corrected chi connectivity index (χ2v) is 4.91. The molecule has 0 unspecified atom stereocenters. The molecule has 0 spiro atoms. The zero-order valence-electron chi connectivity index (χ0n) is 10.9. The van der Waals surface area contributed by atoms with Crippen LogP contribution in [0.1, 0.15) is 5.69 Å². The number of nitro groups is 1. The molecule has 0 fully saturated rings. The van der Waals surface area contributed by atoms with Gasteiger partial charge in [-0.3, -0.25) is 10.1 Å². The first-order chi connectivity index (χ1) is 10.1. The maximum atomic E-state index is 11.0. The third-order valence-corrected chi connectivity index (χ3v) is 3.27. The number of anilines is 1. The minimum Gasteiger partial charge on any atom is -0.374 e. The Morgan fingerprint density at radius 3 is 2.95 bits per heavy atom. The van der Waals surface area contributed by atoms with Crippen molar-refractivity contribution in [1.29, 1.82) is 0 Å². The van der Waals surface area contributed by atoms with Crippen molar-refractivity contribution in [3.8, 4) is 0 Å². The van der Waals surface area contributed by atoms with E-state index in [0.717, 1.165) is 11.3 Å². The smallest absolute Gasteiger partial charge is 0.293 e. The molecule has 1 aromatic carbocycles. The van der Waals surface area contributed by atoms with Crippen molar-refractivity contribution >= 4 is 28.6 Å². The highest BCUT2D eigenvalue weighted by molar-refractivity contribution is 6.30. The van der Waals surface area contributed by atoms with Gasteiger partial charge in [0.1, 0.15) is 11.3 Å². The molecule has 7 heteroatoms. The molecular weight excluding hydrogens is 292 g/mol. The predicted octanol–water partition coefficient (Wildman–Crippen LogP) is 3.51. The van der Waals surface area contributed by atoms with E-state index in [1.165, 1.54) is 6.07 Å². The average Bonchev–Trinajstić information content (AvgIpc) is 2.88. The lowest BCUT2D eigenvalue weighted by Crippen LogP contribution is -2.02. The second kappa shape index (κ2) is 5.41. The molecule has 0 aliphatic heterocycles. The van der Waals surface area contributed by atoms with Crippen LogP contribution in [0.15, 0.2) is 48.8 Å². The van der Waals surface area contributed by atoms with Gasteiger partial charge in [0.15, 0.2) is 0 Å². The zero-order chi connectivity index (χ0) is 14.8. The maximum absolute atomic E-state index is 11.0. The summed E-state index contributed by atoms with van der Waals surface area (Å²) in [7, 11) is 0. The number of pyridine rings is 1. The zero-order valence-corrected chi connectivity index (χ0v) is 11.6. The molecule has 0 saturated carbocycles. The Kier molecular flexibility index (Phi) is 3.45. The van der Waals surface area contributed by atoms with E-state index in [9.17, 15) is 10.1 Å². The molecule has 6 nitrogen and oxygen atoms in total. The minimum atomic E-state index is -0.460. The molecule has 106 valence electrons. The van der Waals surface area contributed by atoms with Gasteiger partial charge in [-0.15, -0.1) is 0 Å². The van der Waals surface area contributed by atoms with Crippen molar-refractivity contribution in [3.05, 3.63) is 69.6 Å². The average molecular weight is 303 g/mol. The standard InChI is InChI=1S/C14H11ClN4O2/c15-10-4-5-12(13(7-10)19(20)21)16-8-11-9-18-6-2-1-3-14(18)17-11/h1-7,9,16H,8H2. The fourth-order valence-corrected chi connectivity index (χ4v) is 2.23. The molecule has 0 radical (unpaired) electrons. The number of nitrogens with zero attached hydrogens (tertiary/aromatic N) is 3. The Balaban J connectivity index is 1.83. The van der Waals surface area contributed by atoms with Crippen molar-refractivity contribution in [2.24, 2.45) is 0 Å². The molecule has 0 amide bonds. The summed E-state index contributed by atoms with van der Waals surface area (Å²) in [5.41, 5.74) is 2.00. The van der Waals surface area contributed by atoms with Gasteiger partial charge in [0.25, 0.3) is 5.69 Å². The molecule has 0 atom stereocenters. The molecule has 1 N–H and O–H groups in total. The summed E-state index contributed by atoms with van der Waals surface area (Å²) >= 11 is 5.78. The van der Waals surface area contributed by atoms with Gasteiger partial charge in [-0.25, -0.2) is 4.98 Å². The van der Waals surface area contributed by atoms with Crippen molar-refractivity contribution < 1.29 is 4.92 Å². The normalized spacial score (nSPS) is 10.7. The number of imidazole rings is 1. The number of fused-ring (bicyclic) bond motifs is 1. The van der Waals surface area contributed by atoms with Crippen molar-refractivity contribution in [2.45, 2.75) is 6.54 Å². The molecule has 21 heavy (non-hydrogen) atoms. The summed E-state index contributed by atoms with van der Waals surface area (Å²) in [5, 5.41) is 14.4. The van der Waals surface area contributed by atoms with E-state index in [-0.39, 0.29) is 5.69 Å². The molecule has 0 aliphatic rings. The van der Waals surface area contributed by atoms with Crippen LogP contribution in [0.5, 0.6) is 0 Å². The highest BCUT2D eigenvalue weighted by atomic mass is 35.5. The summed E-state index contributed by atoms with van der Waals surface area (Å²) in [6.45, 7) is 0.393. The van der Waals surface area contributed by atoms with Crippen molar-refractivity contribution in [1.82, 2.24) is 9.38 Å². The number of hydrogen-bond donors (Lipinski definition) is 1. The molecular formula is C14H11ClN4O2. The minimum absolute atomic E-state index is 0.0498. The van der Waals surface area contributed by atoms with Gasteiger partial charge >= 0.3 is 0 Å². The Morgan fingerprint density at radius 2 is 2.19 bits per heavy atom. The third kappa shape index (κ3) is 2.80. The summed E-state index contributed by atoms with van der Waals surface area (Å²) in [4.78, 5) is 15.0. The Morgan fingerprint density at radius 1 is 1.33 bits per heavy atom. The van der Waals surface area contributed by atoms with E-state index in [1.54, 1.807) is 12.1 Å². The number of rotatable bonds is 4. The van der Waals surface area contributed by atoms with Gasteiger partial charge in [-0.2, -0.15) is 0 Å². The van der Waals surface area contributed by atoms with E-state index >= 15 is 0 Å². The van der Waals surface area contributed by atoms with E-state index in [2.05, 4.69) is 10.3 Å². The van der Waals surface area contributed by atoms with Crippen molar-refractivity contribution in [2.75, 3.05) is 5.32 Å². The van der Waals surface area contributed by atoms with E-state index in [1.807, 2.05) is 35.0 Å². The predicted molar refractivity (Wildman–Crippen MR) is 80.6 cm³/mol. The lowest BCUT2D eigenvalue weighted by molar-refractivity contribution is -0.383. The van der Waals surface area contributed by atoms with Gasteiger partial charge in [0.2, 0.25) is 0 Å². The monoisotopic (exact) mass is 302 g/mol. The van der Waals surface area contributed by atoms with Gasteiger partial charge < -0.3 is 9.72 Å². The van der Waals surface area contributed by atoms with Gasteiger partial charge in [-0.05, 0) is 24.3 Å². The fourth-order valence-electron chi connectivity index (χ4n) is 2.06. The summed E-state index contributed by atoms with van der Waals surface area (Å²) < 4.78 is 1.90. The Bertz CT molecular complexity index is 783. The Hall–Kier alpha value is -2.60. The molecule has 2 aromatic heterocycles. The topological polar surface area (TPSA) is 72.5 Å².